The summed E-state index contributed by atoms with van der Waals surface area (Å²) in [5, 5.41) is 9.00. The van der Waals surface area contributed by atoms with Crippen LogP contribution in [-0.4, -0.2) is 24.9 Å². The van der Waals surface area contributed by atoms with Gasteiger partial charge in [-0.05, 0) is 24.6 Å². The number of aliphatic hydroxyl groups is 1. The molecule has 5 nitrogen and oxygen atoms in total. The molecule has 0 bridgehead atoms. The molecule has 0 atom stereocenters. The number of sulfonamides is 1. The molecule has 1 N–H and O–H groups in total. The fourth-order valence-corrected chi connectivity index (χ4v) is 3.30. The van der Waals surface area contributed by atoms with Crippen LogP contribution in [0.1, 0.15) is 17.1 Å². The van der Waals surface area contributed by atoms with Crippen molar-refractivity contribution in [3.63, 3.8) is 0 Å². The Morgan fingerprint density at radius 3 is 2.43 bits per heavy atom. The molecule has 0 fully saturated rings. The molecule has 21 heavy (non-hydrogen) atoms. The summed E-state index contributed by atoms with van der Waals surface area (Å²) in [5.74, 6) is 0.0498. The summed E-state index contributed by atoms with van der Waals surface area (Å²) in [6.45, 7) is 1.28. The topological polar surface area (TPSA) is 70.8 Å². The van der Waals surface area contributed by atoms with Crippen LogP contribution in [0.25, 0.3) is 0 Å². The molecule has 0 aliphatic rings. The van der Waals surface area contributed by atoms with E-state index in [1.54, 1.807) is 0 Å². The van der Waals surface area contributed by atoms with Gasteiger partial charge < -0.3 is 9.52 Å². The average Bonchev–Trinajstić information content (AvgIpc) is 2.83. The van der Waals surface area contributed by atoms with Gasteiger partial charge in [0.05, 0.1) is 0 Å². The summed E-state index contributed by atoms with van der Waals surface area (Å²) in [5.41, 5.74) is 0.672. The number of benzene rings is 1. The zero-order valence-corrected chi connectivity index (χ0v) is 12.5. The Labute approximate surface area is 122 Å². The number of furan rings is 1. The monoisotopic (exact) mass is 313 g/mol. The van der Waals surface area contributed by atoms with E-state index < -0.39 is 10.0 Å². The van der Waals surface area contributed by atoms with Crippen LogP contribution >= 0.6 is 0 Å². The Hall–Kier alpha value is -1.70. The molecule has 0 amide bonds. The Morgan fingerprint density at radius 2 is 1.90 bits per heavy atom. The van der Waals surface area contributed by atoms with Gasteiger partial charge >= 0.3 is 0 Å². The summed E-state index contributed by atoms with van der Waals surface area (Å²) in [4.78, 5) is 0.0242. The van der Waals surface area contributed by atoms with Gasteiger partial charge in [-0.2, -0.15) is 4.31 Å². The molecule has 1 aromatic carbocycles. The number of halogens is 1. The molecule has 1 heterocycles. The molecule has 0 spiro atoms. The van der Waals surface area contributed by atoms with Crippen molar-refractivity contribution < 1.29 is 22.3 Å². The number of nitrogens with zero attached hydrogens (tertiary/aromatic N) is 1. The smallest absolute Gasteiger partial charge is 0.246 e. The number of hydrogen-bond acceptors (Lipinski definition) is 4. The quantitative estimate of drug-likeness (QED) is 0.917. The third-order valence-corrected chi connectivity index (χ3v) is 5.00. The van der Waals surface area contributed by atoms with E-state index in [9.17, 15) is 12.8 Å². The van der Waals surface area contributed by atoms with E-state index in [0.717, 1.165) is 4.31 Å². The van der Waals surface area contributed by atoms with Gasteiger partial charge in [-0.1, -0.05) is 12.1 Å². The minimum atomic E-state index is -3.73. The van der Waals surface area contributed by atoms with E-state index in [-0.39, 0.29) is 35.4 Å². The van der Waals surface area contributed by atoms with Gasteiger partial charge in [-0.15, -0.1) is 0 Å². The SMILES string of the molecule is Cc1oc(CO)cc1S(=O)(=O)N(C)Cc1ccc(F)cc1. The molecule has 0 unspecified atom stereocenters. The van der Waals surface area contributed by atoms with Crippen molar-refractivity contribution in [1.29, 1.82) is 0 Å². The number of rotatable bonds is 5. The van der Waals surface area contributed by atoms with E-state index in [4.69, 9.17) is 9.52 Å². The largest absolute Gasteiger partial charge is 0.462 e. The predicted octanol–water partition coefficient (Wildman–Crippen LogP) is 2.04. The predicted molar refractivity (Wildman–Crippen MR) is 74.4 cm³/mol. The van der Waals surface area contributed by atoms with Crippen molar-refractivity contribution in [2.24, 2.45) is 0 Å². The van der Waals surface area contributed by atoms with Crippen molar-refractivity contribution in [2.45, 2.75) is 25.0 Å². The zero-order chi connectivity index (χ0) is 15.6. The van der Waals surface area contributed by atoms with Gasteiger partial charge in [0, 0.05) is 19.7 Å². The van der Waals surface area contributed by atoms with Crippen LogP contribution in [-0.2, 0) is 23.2 Å². The molecule has 114 valence electrons. The summed E-state index contributed by atoms with van der Waals surface area (Å²) in [7, 11) is -2.30. The van der Waals surface area contributed by atoms with Crippen LogP contribution in [0.4, 0.5) is 4.39 Å². The van der Waals surface area contributed by atoms with Crippen LogP contribution in [0.2, 0.25) is 0 Å². The number of hydrogen-bond donors (Lipinski definition) is 1. The molecule has 0 saturated heterocycles. The summed E-state index contributed by atoms with van der Waals surface area (Å²) < 4.78 is 44.1. The number of aliphatic hydroxyl groups excluding tert-OH is 1. The Morgan fingerprint density at radius 1 is 1.29 bits per heavy atom. The Kier molecular flexibility index (Phi) is 4.46. The van der Waals surface area contributed by atoms with E-state index >= 15 is 0 Å². The third-order valence-electron chi connectivity index (χ3n) is 3.09. The first-order valence-corrected chi connectivity index (χ1v) is 7.69. The van der Waals surface area contributed by atoms with E-state index in [1.807, 2.05) is 0 Å². The highest BCUT2D eigenvalue weighted by atomic mass is 32.2. The third kappa shape index (κ3) is 3.31. The second-order valence-corrected chi connectivity index (χ2v) is 6.69. The highest BCUT2D eigenvalue weighted by molar-refractivity contribution is 7.89. The van der Waals surface area contributed by atoms with Crippen LogP contribution in [0.15, 0.2) is 39.6 Å². The standard InChI is InChI=1S/C14H16FNO4S/c1-10-14(7-13(9-17)20-10)21(18,19)16(2)8-11-3-5-12(15)6-4-11/h3-7,17H,8-9H2,1-2H3. The molecule has 2 aromatic rings. The fourth-order valence-electron chi connectivity index (χ4n) is 1.96. The van der Waals surface area contributed by atoms with Gasteiger partial charge in [0.25, 0.3) is 0 Å². The highest BCUT2D eigenvalue weighted by Crippen LogP contribution is 2.24. The Balaban J connectivity index is 2.25. The molecule has 1 aromatic heterocycles. The van der Waals surface area contributed by atoms with Crippen molar-refractivity contribution >= 4 is 10.0 Å². The zero-order valence-electron chi connectivity index (χ0n) is 11.7. The molecule has 0 radical (unpaired) electrons. The Bertz CT molecular complexity index is 722. The molecule has 0 aliphatic heterocycles. The minimum Gasteiger partial charge on any atom is -0.462 e. The molecule has 2 rings (SSSR count). The second kappa shape index (κ2) is 5.97. The lowest BCUT2D eigenvalue weighted by Gasteiger charge is -2.16. The molecule has 7 heteroatoms. The second-order valence-electron chi connectivity index (χ2n) is 4.68. The van der Waals surface area contributed by atoms with Crippen LogP contribution < -0.4 is 0 Å². The lowest BCUT2D eigenvalue weighted by atomic mass is 10.2. The van der Waals surface area contributed by atoms with E-state index in [0.29, 0.717) is 5.56 Å². The van der Waals surface area contributed by atoms with E-state index in [1.165, 1.54) is 44.3 Å². The molecule has 0 aliphatic carbocycles. The minimum absolute atomic E-state index is 0.0242. The maximum absolute atomic E-state index is 12.8. The first kappa shape index (κ1) is 15.7. The van der Waals surface area contributed by atoms with Crippen LogP contribution in [0, 0.1) is 12.7 Å². The maximum Gasteiger partial charge on any atom is 0.246 e. The maximum atomic E-state index is 12.8. The summed E-state index contributed by atoms with van der Waals surface area (Å²) in [6.07, 6.45) is 0. The molecular weight excluding hydrogens is 297 g/mol. The van der Waals surface area contributed by atoms with Crippen molar-refractivity contribution in [3.8, 4) is 0 Å². The molecule has 0 saturated carbocycles. The number of aryl methyl sites for hydroxylation is 1. The highest BCUT2D eigenvalue weighted by Gasteiger charge is 2.26. The van der Waals surface area contributed by atoms with Gasteiger partial charge in [0.1, 0.15) is 28.8 Å². The lowest BCUT2D eigenvalue weighted by Crippen LogP contribution is -2.26. The lowest BCUT2D eigenvalue weighted by molar-refractivity contribution is 0.244. The fraction of sp³-hybridized carbons (Fsp3) is 0.286. The van der Waals surface area contributed by atoms with Gasteiger partial charge in [0.15, 0.2) is 0 Å². The average molecular weight is 313 g/mol. The first-order valence-electron chi connectivity index (χ1n) is 6.25. The first-order chi connectivity index (χ1) is 9.84. The summed E-state index contributed by atoms with van der Waals surface area (Å²) in [6, 6.07) is 6.93. The van der Waals surface area contributed by atoms with E-state index in [2.05, 4.69) is 0 Å². The van der Waals surface area contributed by atoms with Crippen molar-refractivity contribution in [2.75, 3.05) is 7.05 Å². The summed E-state index contributed by atoms with van der Waals surface area (Å²) >= 11 is 0. The molecular formula is C14H16FNO4S. The normalized spacial score (nSPS) is 12.0. The van der Waals surface area contributed by atoms with Crippen molar-refractivity contribution in [1.82, 2.24) is 4.31 Å². The van der Waals surface area contributed by atoms with Crippen LogP contribution in [0.5, 0.6) is 0 Å². The van der Waals surface area contributed by atoms with Gasteiger partial charge in [-0.3, -0.25) is 0 Å². The van der Waals surface area contributed by atoms with Crippen LogP contribution in [0.3, 0.4) is 0 Å². The van der Waals surface area contributed by atoms with Crippen molar-refractivity contribution in [3.05, 3.63) is 53.2 Å². The van der Waals surface area contributed by atoms with Gasteiger partial charge in [-0.25, -0.2) is 12.8 Å². The van der Waals surface area contributed by atoms with Gasteiger partial charge in [0.2, 0.25) is 10.0 Å².